The van der Waals surface area contributed by atoms with Crippen molar-refractivity contribution in [3.63, 3.8) is 0 Å². The van der Waals surface area contributed by atoms with Crippen molar-refractivity contribution < 1.29 is 24.1 Å². The van der Waals surface area contributed by atoms with E-state index in [0.29, 0.717) is 19.3 Å². The minimum Gasteiger partial charge on any atom is -0.394 e. The molecule has 246 valence electrons. The fraction of sp³-hybridized carbons (Fsp3) is 0.857. The van der Waals surface area contributed by atoms with Gasteiger partial charge in [-0.15, -0.1) is 0 Å². The van der Waals surface area contributed by atoms with E-state index in [0.717, 1.165) is 6.42 Å². The van der Waals surface area contributed by atoms with Crippen molar-refractivity contribution in [2.45, 2.75) is 108 Å². The summed E-state index contributed by atoms with van der Waals surface area (Å²) in [7, 11) is 1.73. The Balaban J connectivity index is 3.02. The molecule has 0 aromatic carbocycles. The summed E-state index contributed by atoms with van der Waals surface area (Å²) in [5.41, 5.74) is 25.9. The maximum absolute atomic E-state index is 12.7. The lowest BCUT2D eigenvalue weighted by molar-refractivity contribution is -0.229. The predicted molar refractivity (Wildman–Crippen MR) is 165 cm³/mol. The lowest BCUT2D eigenvalue weighted by Crippen LogP contribution is -2.60. The van der Waals surface area contributed by atoms with Crippen LogP contribution < -0.4 is 38.9 Å². The van der Waals surface area contributed by atoms with Gasteiger partial charge in [-0.3, -0.25) is 10.8 Å². The minimum atomic E-state index is -1.10. The molecule has 1 saturated heterocycles. The molecular weight excluding hydrogens is 545 g/mol. The van der Waals surface area contributed by atoms with E-state index < -0.39 is 49.4 Å². The topological polar surface area (TPSA) is 247 Å². The largest absolute Gasteiger partial charge is 0.394 e. The van der Waals surface area contributed by atoms with E-state index in [1.165, 1.54) is 0 Å². The smallest absolute Gasteiger partial charge is 0.173 e. The number of aliphatic hydroxyl groups excluding tert-OH is 2. The van der Waals surface area contributed by atoms with Gasteiger partial charge in [-0.1, -0.05) is 34.1 Å². The van der Waals surface area contributed by atoms with Crippen LogP contribution in [-0.2, 0) is 9.47 Å². The number of alkyl halides is 1. The van der Waals surface area contributed by atoms with Crippen LogP contribution in [0.4, 0.5) is 4.39 Å². The summed E-state index contributed by atoms with van der Waals surface area (Å²) in [4.78, 5) is 0. The molecule has 15 N–H and O–H groups in total. The molecule has 0 spiro atoms. The highest BCUT2D eigenvalue weighted by molar-refractivity contribution is 5.83. The summed E-state index contributed by atoms with van der Waals surface area (Å²) >= 11 is 0. The summed E-state index contributed by atoms with van der Waals surface area (Å²) in [6.07, 6.45) is 1.76. The second-order valence-corrected chi connectivity index (χ2v) is 11.7. The van der Waals surface area contributed by atoms with Gasteiger partial charge >= 0.3 is 0 Å². The molecule has 0 aliphatic carbocycles. The lowest BCUT2D eigenvalue weighted by atomic mass is 9.85. The molecule has 1 aliphatic rings. The average molecular weight is 604 g/mol. The lowest BCUT2D eigenvalue weighted by Gasteiger charge is -2.41. The van der Waals surface area contributed by atoms with Gasteiger partial charge in [-0.2, -0.15) is 0 Å². The molecule has 1 aliphatic heterocycles. The van der Waals surface area contributed by atoms with Crippen molar-refractivity contribution in [1.82, 2.24) is 16.0 Å². The van der Waals surface area contributed by atoms with E-state index in [1.54, 1.807) is 19.3 Å². The second kappa shape index (κ2) is 19.4. The maximum Gasteiger partial charge on any atom is 0.173 e. The Morgan fingerprint density at radius 3 is 2.36 bits per heavy atom. The highest BCUT2D eigenvalue weighted by Gasteiger charge is 2.38. The van der Waals surface area contributed by atoms with Crippen LogP contribution in [0.5, 0.6) is 0 Å². The highest BCUT2D eigenvalue weighted by Crippen LogP contribution is 2.24. The Kier molecular flexibility index (Phi) is 17.6. The molecule has 1 rings (SSSR count). The van der Waals surface area contributed by atoms with E-state index in [9.17, 15) is 14.6 Å². The molecular formula is C28H58FN9O4. The summed E-state index contributed by atoms with van der Waals surface area (Å²) in [5.74, 6) is -0.741. The highest BCUT2D eigenvalue weighted by atomic mass is 19.1. The van der Waals surface area contributed by atoms with Gasteiger partial charge in [-0.05, 0) is 43.4 Å². The van der Waals surface area contributed by atoms with Crippen molar-refractivity contribution in [2.75, 3.05) is 26.8 Å². The van der Waals surface area contributed by atoms with Crippen LogP contribution in [-0.4, -0.2) is 104 Å². The van der Waals surface area contributed by atoms with Gasteiger partial charge in [0.25, 0.3) is 0 Å². The second-order valence-electron chi connectivity index (χ2n) is 11.7. The number of ether oxygens (including phenoxy) is 2. The van der Waals surface area contributed by atoms with Crippen molar-refractivity contribution in [3.05, 3.63) is 12.3 Å². The number of halogens is 1. The van der Waals surface area contributed by atoms with Gasteiger partial charge in [0, 0.05) is 44.2 Å². The first kappa shape index (κ1) is 38.1. The van der Waals surface area contributed by atoms with Gasteiger partial charge in [0.05, 0.1) is 24.4 Å². The number of rotatable bonds is 19. The molecule has 13 nitrogen and oxygen atoms in total. The van der Waals surface area contributed by atoms with Crippen molar-refractivity contribution in [1.29, 1.82) is 10.8 Å². The van der Waals surface area contributed by atoms with Crippen LogP contribution in [0, 0.1) is 28.6 Å². The van der Waals surface area contributed by atoms with Crippen molar-refractivity contribution in [3.8, 4) is 0 Å². The summed E-state index contributed by atoms with van der Waals surface area (Å²) in [5, 5.41) is 45.6. The van der Waals surface area contributed by atoms with E-state index >= 15 is 0 Å². The first-order valence-corrected chi connectivity index (χ1v) is 15.0. The molecule has 0 radical (unpaired) electrons. The Morgan fingerprint density at radius 2 is 1.76 bits per heavy atom. The van der Waals surface area contributed by atoms with Gasteiger partial charge in [0.15, 0.2) is 6.29 Å². The summed E-state index contributed by atoms with van der Waals surface area (Å²) in [6, 6.07) is -2.15. The number of hydrogen-bond acceptors (Lipinski definition) is 11. The normalized spacial score (nSPS) is 25.9. The monoisotopic (exact) mass is 603 g/mol. The molecule has 0 aromatic rings. The minimum absolute atomic E-state index is 0.0646. The fourth-order valence-corrected chi connectivity index (χ4v) is 4.93. The van der Waals surface area contributed by atoms with Gasteiger partial charge in [0.1, 0.15) is 24.4 Å². The average Bonchev–Trinajstić information content (AvgIpc) is 2.98. The number of nitrogens with one attached hydrogen (secondary N) is 5. The molecule has 1 fully saturated rings. The molecule has 0 amide bonds. The standard InChI is InChI=1S/C28H58FN9O4/c1-6-15(2)23(33)17(4)25(40)27(35)38-14-21(31)26(24(34)16(3)11-18(39)9-10-36-5)42-28-20(30)8-7-19(41-28)13-37-22(32)12-29/h9-10,15-21,23-26,28,36,39-40H,6-8,11-14,30-31,33-34H2,1-5H3,(H2,32,37)(H2,35,38)/b10-9+. The SMILES string of the molecule is CCC(C)C(N)C(C)C(O)C(=N)NCC(N)C(OC1OC(CNC(=N)CF)CCC1N)C(N)C(C)CC(O)/C=C/NC. The molecule has 1 heterocycles. The first-order valence-electron chi connectivity index (χ1n) is 15.0. The predicted octanol–water partition coefficient (Wildman–Crippen LogP) is -0.548. The number of amidine groups is 2. The van der Waals surface area contributed by atoms with Crippen molar-refractivity contribution >= 4 is 11.7 Å². The maximum atomic E-state index is 12.7. The van der Waals surface area contributed by atoms with E-state index in [2.05, 4.69) is 16.0 Å². The number of aliphatic hydroxyl groups is 2. The zero-order valence-electron chi connectivity index (χ0n) is 25.9. The molecule has 12 unspecified atom stereocenters. The van der Waals surface area contributed by atoms with Gasteiger partial charge in [0.2, 0.25) is 0 Å². The van der Waals surface area contributed by atoms with Crippen LogP contribution in [0.25, 0.3) is 0 Å². The fourth-order valence-electron chi connectivity index (χ4n) is 4.93. The van der Waals surface area contributed by atoms with E-state index in [1.807, 2.05) is 27.7 Å². The third-order valence-electron chi connectivity index (χ3n) is 8.25. The Hall–Kier alpha value is -1.91. The molecule has 0 aromatic heterocycles. The van der Waals surface area contributed by atoms with Crippen LogP contribution in [0.15, 0.2) is 12.3 Å². The van der Waals surface area contributed by atoms with Crippen LogP contribution in [0.2, 0.25) is 0 Å². The quantitative estimate of drug-likeness (QED) is 0.0660. The third-order valence-corrected chi connectivity index (χ3v) is 8.25. The van der Waals surface area contributed by atoms with Crippen LogP contribution >= 0.6 is 0 Å². The number of hydrogen-bond donors (Lipinski definition) is 11. The molecule has 0 bridgehead atoms. The van der Waals surface area contributed by atoms with Gasteiger partial charge in [-0.25, -0.2) is 4.39 Å². The first-order chi connectivity index (χ1) is 19.8. The Bertz CT molecular complexity index is 826. The van der Waals surface area contributed by atoms with E-state index in [4.69, 9.17) is 43.2 Å². The third kappa shape index (κ3) is 12.4. The summed E-state index contributed by atoms with van der Waals surface area (Å²) in [6.45, 7) is 7.14. The summed E-state index contributed by atoms with van der Waals surface area (Å²) < 4.78 is 25.1. The van der Waals surface area contributed by atoms with Crippen LogP contribution in [0.1, 0.15) is 53.4 Å². The zero-order chi connectivity index (χ0) is 32.0. The van der Waals surface area contributed by atoms with Gasteiger partial charge < -0.3 is 58.6 Å². The Morgan fingerprint density at radius 1 is 1.10 bits per heavy atom. The molecule has 14 heteroatoms. The van der Waals surface area contributed by atoms with E-state index in [-0.39, 0.29) is 54.7 Å². The number of nitrogens with two attached hydrogens (primary N) is 4. The molecule has 12 atom stereocenters. The Labute approximate surface area is 250 Å². The zero-order valence-corrected chi connectivity index (χ0v) is 25.9. The molecule has 0 saturated carbocycles. The van der Waals surface area contributed by atoms with Crippen molar-refractivity contribution in [2.24, 2.45) is 40.7 Å². The molecule has 42 heavy (non-hydrogen) atoms. The van der Waals surface area contributed by atoms with Crippen LogP contribution in [0.3, 0.4) is 0 Å².